The molecule has 1 saturated carbocycles. The first kappa shape index (κ1) is 26.9. The molecule has 0 radical (unpaired) electrons. The summed E-state index contributed by atoms with van der Waals surface area (Å²) in [6.45, 7) is 6.95. The van der Waals surface area contributed by atoms with Crippen LogP contribution in [-0.2, 0) is 11.8 Å². The van der Waals surface area contributed by atoms with Crippen LogP contribution in [0, 0.1) is 12.7 Å². The molecule has 0 spiro atoms. The SMILES string of the molecule is Cc1cc2c(c3ccccc13)-c1ccc(/C=C(/Cc3cc(F)cc(C4CCCCC4)c3)c3ccccc3)cc1C2(C)C. The van der Waals surface area contributed by atoms with Crippen molar-refractivity contribution in [2.45, 2.75) is 70.6 Å². The van der Waals surface area contributed by atoms with Crippen LogP contribution >= 0.6 is 0 Å². The standard InChI is InChI=1S/C41H39F/c1-27-20-39-40(36-17-11-10-16-35(27)36)37-19-18-28(25-38(37)41(39,2)3)21-32(30-12-6-4-7-13-30)22-29-23-33(26-34(42)24-29)31-14-8-5-9-15-31/h4,6-7,10-13,16-21,23-26,31H,5,8-9,14-15,22H2,1-3H3/b32-21-. The summed E-state index contributed by atoms with van der Waals surface area (Å²) in [5.41, 5.74) is 12.6. The lowest BCUT2D eigenvalue weighted by atomic mass is 9.80. The van der Waals surface area contributed by atoms with Gasteiger partial charge in [-0.3, -0.25) is 0 Å². The fourth-order valence-electron chi connectivity index (χ4n) is 7.63. The quantitative estimate of drug-likeness (QED) is 0.191. The fraction of sp³-hybridized carbons (Fsp3) is 0.268. The van der Waals surface area contributed by atoms with E-state index in [0.717, 1.165) is 5.56 Å². The maximum absolute atomic E-state index is 14.9. The number of hydrogen-bond donors (Lipinski definition) is 0. The number of allylic oxidation sites excluding steroid dienone is 1. The van der Waals surface area contributed by atoms with E-state index in [4.69, 9.17) is 0 Å². The molecular formula is C41H39F. The van der Waals surface area contributed by atoms with Gasteiger partial charge in [0.15, 0.2) is 0 Å². The van der Waals surface area contributed by atoms with Crippen molar-refractivity contribution in [2.24, 2.45) is 0 Å². The Morgan fingerprint density at radius 2 is 1.52 bits per heavy atom. The summed E-state index contributed by atoms with van der Waals surface area (Å²) in [5, 5.41) is 2.67. The number of halogens is 1. The average Bonchev–Trinajstić information content (AvgIpc) is 3.23. The lowest BCUT2D eigenvalue weighted by molar-refractivity contribution is 0.442. The third kappa shape index (κ3) is 4.79. The summed E-state index contributed by atoms with van der Waals surface area (Å²) in [7, 11) is 0. The smallest absolute Gasteiger partial charge is 0.123 e. The number of aryl methyl sites for hydroxylation is 1. The Hall–Kier alpha value is -3.97. The first-order chi connectivity index (χ1) is 20.4. The van der Waals surface area contributed by atoms with Gasteiger partial charge in [0.05, 0.1) is 0 Å². The van der Waals surface area contributed by atoms with Gasteiger partial charge < -0.3 is 0 Å². The molecule has 0 saturated heterocycles. The molecule has 0 heterocycles. The van der Waals surface area contributed by atoms with Crippen LogP contribution in [0.2, 0.25) is 0 Å². The van der Waals surface area contributed by atoms with Crippen LogP contribution in [0.4, 0.5) is 4.39 Å². The Labute approximate surface area is 249 Å². The Morgan fingerprint density at radius 1 is 0.786 bits per heavy atom. The molecule has 0 nitrogen and oxygen atoms in total. The van der Waals surface area contributed by atoms with Gasteiger partial charge in [0.2, 0.25) is 0 Å². The summed E-state index contributed by atoms with van der Waals surface area (Å²) < 4.78 is 14.9. The molecule has 7 rings (SSSR count). The van der Waals surface area contributed by atoms with Crippen LogP contribution in [0.25, 0.3) is 33.5 Å². The third-order valence-corrected chi connectivity index (χ3v) is 9.85. The van der Waals surface area contributed by atoms with Gasteiger partial charge in [0.1, 0.15) is 5.82 Å². The monoisotopic (exact) mass is 550 g/mol. The van der Waals surface area contributed by atoms with Crippen molar-refractivity contribution < 1.29 is 4.39 Å². The van der Waals surface area contributed by atoms with Crippen molar-refractivity contribution in [3.63, 3.8) is 0 Å². The van der Waals surface area contributed by atoms with Crippen molar-refractivity contribution in [3.8, 4) is 11.1 Å². The zero-order valence-electron chi connectivity index (χ0n) is 25.0. The number of fused-ring (bicyclic) bond motifs is 5. The Kier molecular flexibility index (Phi) is 6.85. The molecule has 210 valence electrons. The molecule has 0 aromatic heterocycles. The maximum Gasteiger partial charge on any atom is 0.123 e. The predicted molar refractivity (Wildman–Crippen MR) is 176 cm³/mol. The van der Waals surface area contributed by atoms with E-state index in [9.17, 15) is 4.39 Å². The van der Waals surface area contributed by atoms with E-state index >= 15 is 0 Å². The highest BCUT2D eigenvalue weighted by molar-refractivity contribution is 6.04. The van der Waals surface area contributed by atoms with Gasteiger partial charge in [-0.15, -0.1) is 0 Å². The van der Waals surface area contributed by atoms with Crippen molar-refractivity contribution in [2.75, 3.05) is 0 Å². The lowest BCUT2D eigenvalue weighted by Crippen LogP contribution is -2.15. The van der Waals surface area contributed by atoms with Crippen LogP contribution < -0.4 is 0 Å². The molecule has 0 atom stereocenters. The molecular weight excluding hydrogens is 511 g/mol. The topological polar surface area (TPSA) is 0 Å². The molecule has 0 bridgehead atoms. The second kappa shape index (κ2) is 10.7. The minimum atomic E-state index is -0.111. The van der Waals surface area contributed by atoms with Gasteiger partial charge in [0, 0.05) is 5.41 Å². The minimum absolute atomic E-state index is 0.0896. The largest absolute Gasteiger partial charge is 0.207 e. The van der Waals surface area contributed by atoms with Gasteiger partial charge >= 0.3 is 0 Å². The molecule has 5 aromatic rings. The molecule has 0 unspecified atom stereocenters. The molecule has 2 aliphatic rings. The van der Waals surface area contributed by atoms with Crippen molar-refractivity contribution in [3.05, 3.63) is 142 Å². The van der Waals surface area contributed by atoms with E-state index in [-0.39, 0.29) is 11.2 Å². The highest BCUT2D eigenvalue weighted by Crippen LogP contribution is 2.52. The highest BCUT2D eigenvalue weighted by atomic mass is 19.1. The zero-order chi connectivity index (χ0) is 28.8. The summed E-state index contributed by atoms with van der Waals surface area (Å²) in [4.78, 5) is 0. The molecule has 2 aliphatic carbocycles. The van der Waals surface area contributed by atoms with Crippen molar-refractivity contribution in [1.29, 1.82) is 0 Å². The fourth-order valence-corrected chi connectivity index (χ4v) is 7.63. The first-order valence-corrected chi connectivity index (χ1v) is 15.6. The van der Waals surface area contributed by atoms with Crippen molar-refractivity contribution in [1.82, 2.24) is 0 Å². The van der Waals surface area contributed by atoms with E-state index in [1.54, 1.807) is 12.1 Å². The average molecular weight is 551 g/mol. The summed E-state index contributed by atoms with van der Waals surface area (Å²) in [6.07, 6.45) is 9.17. The molecule has 0 aliphatic heterocycles. The minimum Gasteiger partial charge on any atom is -0.207 e. The molecule has 5 aromatic carbocycles. The van der Waals surface area contributed by atoms with E-state index < -0.39 is 0 Å². The van der Waals surface area contributed by atoms with Crippen molar-refractivity contribution >= 4 is 22.4 Å². The van der Waals surface area contributed by atoms with E-state index in [1.165, 1.54) is 93.0 Å². The van der Waals surface area contributed by atoms with Crippen LogP contribution in [-0.4, -0.2) is 0 Å². The molecule has 1 fully saturated rings. The Balaban J connectivity index is 1.31. The third-order valence-electron chi connectivity index (χ3n) is 9.85. The second-order valence-electron chi connectivity index (χ2n) is 13.0. The zero-order valence-corrected chi connectivity index (χ0v) is 25.0. The van der Waals surface area contributed by atoms with Gasteiger partial charge in [0.25, 0.3) is 0 Å². The van der Waals surface area contributed by atoms with Gasteiger partial charge in [-0.25, -0.2) is 4.39 Å². The summed E-state index contributed by atoms with van der Waals surface area (Å²) in [5.74, 6) is 0.373. The first-order valence-electron chi connectivity index (χ1n) is 15.6. The Bertz CT molecular complexity index is 1820. The molecule has 42 heavy (non-hydrogen) atoms. The van der Waals surface area contributed by atoms with E-state index in [0.29, 0.717) is 12.3 Å². The maximum atomic E-state index is 14.9. The van der Waals surface area contributed by atoms with Crippen LogP contribution in [0.3, 0.4) is 0 Å². The van der Waals surface area contributed by atoms with Gasteiger partial charge in [-0.05, 0) is 111 Å². The number of rotatable bonds is 5. The normalized spacial score (nSPS) is 16.4. The van der Waals surface area contributed by atoms with E-state index in [2.05, 4.69) is 112 Å². The summed E-state index contributed by atoms with van der Waals surface area (Å²) in [6, 6.07) is 34.6. The lowest BCUT2D eigenvalue weighted by Gasteiger charge is -2.23. The van der Waals surface area contributed by atoms with Crippen LogP contribution in [0.15, 0.2) is 97.1 Å². The Morgan fingerprint density at radius 3 is 2.31 bits per heavy atom. The van der Waals surface area contributed by atoms with Crippen LogP contribution in [0.1, 0.15) is 90.8 Å². The number of hydrogen-bond acceptors (Lipinski definition) is 0. The number of benzene rings is 5. The summed E-state index contributed by atoms with van der Waals surface area (Å²) >= 11 is 0. The molecule has 0 amide bonds. The molecule has 1 heteroatoms. The van der Waals surface area contributed by atoms with E-state index in [1.807, 2.05) is 0 Å². The van der Waals surface area contributed by atoms with Gasteiger partial charge in [-0.1, -0.05) is 124 Å². The molecule has 0 N–H and O–H groups in total. The highest BCUT2D eigenvalue weighted by Gasteiger charge is 2.37. The predicted octanol–water partition coefficient (Wildman–Crippen LogP) is 11.4. The second-order valence-corrected chi connectivity index (χ2v) is 13.0. The van der Waals surface area contributed by atoms with Gasteiger partial charge in [-0.2, -0.15) is 0 Å². The van der Waals surface area contributed by atoms with Crippen LogP contribution in [0.5, 0.6) is 0 Å².